The van der Waals surface area contributed by atoms with Crippen molar-refractivity contribution in [3.8, 4) is 0 Å². The Morgan fingerprint density at radius 1 is 1.11 bits per heavy atom. The number of fused-ring (bicyclic) bond motifs is 1. The smallest absolute Gasteiger partial charge is 0.244 e. The standard InChI is InChI=1S/C24H30ClFN6O3S/c1-14-11-31(22(33)24(5)6-7-36(24,34)35)15(2)10-30(14)20-19-21(29-13-28-20)32(12-23(19,3)4)18-8-16(25)17(26)9-27-18/h8-9,13-15H,6-7,10-12H2,1-5H3/t14-,15+,24-/m0/s1. The highest BCUT2D eigenvalue weighted by Crippen LogP contribution is 2.47. The summed E-state index contributed by atoms with van der Waals surface area (Å²) in [5.74, 6) is 1.13. The minimum Gasteiger partial charge on any atom is -0.350 e. The second-order valence-corrected chi connectivity index (χ2v) is 13.9. The molecule has 0 spiro atoms. The van der Waals surface area contributed by atoms with E-state index < -0.39 is 20.4 Å². The summed E-state index contributed by atoms with van der Waals surface area (Å²) in [5, 5.41) is -0.00838. The van der Waals surface area contributed by atoms with Crippen LogP contribution < -0.4 is 9.80 Å². The molecule has 0 bridgehead atoms. The topological polar surface area (TPSA) is 99.6 Å². The number of hydrogen-bond donors (Lipinski definition) is 0. The SMILES string of the molecule is C[C@@H]1CN(c2ncnc3c2C(C)(C)CN3c2cc(Cl)c(F)cn2)[C@@H](C)CN1C(=O)[C@]1(C)CCS1(=O)=O. The Balaban J connectivity index is 1.47. The normalized spacial score (nSPS) is 28.6. The first-order chi connectivity index (χ1) is 16.8. The van der Waals surface area contributed by atoms with E-state index in [0.29, 0.717) is 37.7 Å². The van der Waals surface area contributed by atoms with Crippen LogP contribution in [-0.4, -0.2) is 76.4 Å². The fourth-order valence-corrected chi connectivity index (χ4v) is 7.19. The maximum Gasteiger partial charge on any atom is 0.244 e. The molecule has 0 radical (unpaired) electrons. The zero-order valence-electron chi connectivity index (χ0n) is 21.0. The molecule has 0 aromatic carbocycles. The maximum absolute atomic E-state index is 13.7. The fraction of sp³-hybridized carbons (Fsp3) is 0.583. The molecule has 0 aliphatic carbocycles. The highest BCUT2D eigenvalue weighted by molar-refractivity contribution is 7.95. The Morgan fingerprint density at radius 3 is 2.42 bits per heavy atom. The fourth-order valence-electron chi connectivity index (χ4n) is 5.51. The van der Waals surface area contributed by atoms with Gasteiger partial charge in [-0.2, -0.15) is 0 Å². The summed E-state index contributed by atoms with van der Waals surface area (Å²) >= 11 is 6.03. The molecular formula is C24H30ClFN6O3S. The summed E-state index contributed by atoms with van der Waals surface area (Å²) in [4.78, 5) is 32.6. The molecule has 9 nitrogen and oxygen atoms in total. The van der Waals surface area contributed by atoms with Crippen molar-refractivity contribution in [3.63, 3.8) is 0 Å². The van der Waals surface area contributed by atoms with Gasteiger partial charge in [0.1, 0.15) is 28.5 Å². The van der Waals surface area contributed by atoms with Crippen LogP contribution in [0.15, 0.2) is 18.6 Å². The summed E-state index contributed by atoms with van der Waals surface area (Å²) in [7, 11) is -3.41. The molecule has 2 fully saturated rings. The molecule has 2 aromatic heterocycles. The van der Waals surface area contributed by atoms with E-state index in [2.05, 4.69) is 33.7 Å². The Hall–Kier alpha value is -2.53. The number of carbonyl (C=O) groups is 1. The lowest BCUT2D eigenvalue weighted by Crippen LogP contribution is -2.66. The van der Waals surface area contributed by atoms with Gasteiger partial charge in [0.2, 0.25) is 5.91 Å². The third-order valence-corrected chi connectivity index (χ3v) is 10.7. The molecule has 5 rings (SSSR count). The second kappa shape index (κ2) is 8.24. The van der Waals surface area contributed by atoms with Gasteiger partial charge in [-0.3, -0.25) is 4.79 Å². The van der Waals surface area contributed by atoms with Crippen molar-refractivity contribution < 1.29 is 17.6 Å². The third kappa shape index (κ3) is 3.65. The van der Waals surface area contributed by atoms with Crippen molar-refractivity contribution in [1.29, 1.82) is 0 Å². The van der Waals surface area contributed by atoms with Crippen molar-refractivity contribution in [3.05, 3.63) is 35.0 Å². The molecule has 0 unspecified atom stereocenters. The second-order valence-electron chi connectivity index (χ2n) is 10.9. The molecule has 5 heterocycles. The number of halogens is 2. The first-order valence-electron chi connectivity index (χ1n) is 12.0. The van der Waals surface area contributed by atoms with Crippen molar-refractivity contribution in [2.75, 3.05) is 35.2 Å². The number of pyridine rings is 1. The predicted molar refractivity (Wildman–Crippen MR) is 136 cm³/mol. The molecule has 194 valence electrons. The molecule has 3 aliphatic rings. The summed E-state index contributed by atoms with van der Waals surface area (Å²) in [6.07, 6.45) is 2.97. The minimum absolute atomic E-state index is 0.00838. The van der Waals surface area contributed by atoms with Crippen LogP contribution in [0.3, 0.4) is 0 Å². The Morgan fingerprint density at radius 2 is 1.81 bits per heavy atom. The maximum atomic E-state index is 13.7. The highest BCUT2D eigenvalue weighted by atomic mass is 35.5. The summed E-state index contributed by atoms with van der Waals surface area (Å²) in [5.41, 5.74) is 0.595. The number of sulfone groups is 1. The summed E-state index contributed by atoms with van der Waals surface area (Å²) in [6, 6.07) is 1.19. The van der Waals surface area contributed by atoms with E-state index >= 15 is 0 Å². The van der Waals surface area contributed by atoms with Crippen molar-refractivity contribution >= 4 is 44.8 Å². The molecule has 0 saturated carbocycles. The lowest BCUT2D eigenvalue weighted by molar-refractivity contribution is -0.137. The number of rotatable bonds is 3. The van der Waals surface area contributed by atoms with Crippen molar-refractivity contribution in [2.24, 2.45) is 0 Å². The van der Waals surface area contributed by atoms with Crippen molar-refractivity contribution in [1.82, 2.24) is 19.9 Å². The van der Waals surface area contributed by atoms with E-state index in [1.165, 1.54) is 12.4 Å². The highest BCUT2D eigenvalue weighted by Gasteiger charge is 2.57. The van der Waals surface area contributed by atoms with Gasteiger partial charge in [0.15, 0.2) is 15.7 Å². The number of nitrogens with zero attached hydrogens (tertiary/aromatic N) is 6. The summed E-state index contributed by atoms with van der Waals surface area (Å²) < 4.78 is 37.2. The molecule has 2 saturated heterocycles. The van der Waals surface area contributed by atoms with Gasteiger partial charge in [0.05, 0.1) is 17.0 Å². The summed E-state index contributed by atoms with van der Waals surface area (Å²) in [6.45, 7) is 11.1. The van der Waals surface area contributed by atoms with E-state index in [4.69, 9.17) is 11.6 Å². The van der Waals surface area contributed by atoms with E-state index in [1.54, 1.807) is 11.8 Å². The van der Waals surface area contributed by atoms with Gasteiger partial charge < -0.3 is 14.7 Å². The number of amides is 1. The van der Waals surface area contributed by atoms with Gasteiger partial charge in [-0.15, -0.1) is 0 Å². The third-order valence-electron chi connectivity index (χ3n) is 7.87. The van der Waals surface area contributed by atoms with Gasteiger partial charge in [-0.05, 0) is 27.2 Å². The van der Waals surface area contributed by atoms with Crippen LogP contribution in [0.25, 0.3) is 0 Å². The zero-order chi connectivity index (χ0) is 26.2. The van der Waals surface area contributed by atoms with Crippen molar-refractivity contribution in [2.45, 2.75) is 63.3 Å². The van der Waals surface area contributed by atoms with Crippen LogP contribution in [0.2, 0.25) is 5.02 Å². The van der Waals surface area contributed by atoms with Gasteiger partial charge >= 0.3 is 0 Å². The monoisotopic (exact) mass is 536 g/mol. The van der Waals surface area contributed by atoms with Crippen LogP contribution >= 0.6 is 11.6 Å². The Labute approximate surface area is 215 Å². The van der Waals surface area contributed by atoms with Crippen LogP contribution in [0.5, 0.6) is 0 Å². The molecular weight excluding hydrogens is 507 g/mol. The number of piperazine rings is 1. The van der Waals surface area contributed by atoms with Gasteiger partial charge in [0, 0.05) is 48.8 Å². The average Bonchev–Trinajstić information content (AvgIpc) is 3.11. The molecule has 1 amide bonds. The van der Waals surface area contributed by atoms with Crippen LogP contribution in [-0.2, 0) is 20.0 Å². The van der Waals surface area contributed by atoms with E-state index in [0.717, 1.165) is 17.6 Å². The van der Waals surface area contributed by atoms with E-state index in [9.17, 15) is 17.6 Å². The lowest BCUT2D eigenvalue weighted by Gasteiger charge is -2.49. The van der Waals surface area contributed by atoms with Gasteiger partial charge in [-0.1, -0.05) is 25.4 Å². The van der Waals surface area contributed by atoms with E-state index in [-0.39, 0.29) is 34.2 Å². The number of aromatic nitrogens is 3. The average molecular weight is 537 g/mol. The lowest BCUT2D eigenvalue weighted by atomic mass is 9.87. The molecule has 2 aromatic rings. The molecule has 36 heavy (non-hydrogen) atoms. The minimum atomic E-state index is -3.41. The number of hydrogen-bond acceptors (Lipinski definition) is 8. The Bertz CT molecular complexity index is 1360. The van der Waals surface area contributed by atoms with Gasteiger partial charge in [-0.25, -0.2) is 27.8 Å². The van der Waals surface area contributed by atoms with Gasteiger partial charge in [0.25, 0.3) is 0 Å². The van der Waals surface area contributed by atoms with E-state index in [1.807, 2.05) is 18.7 Å². The number of anilines is 3. The molecule has 3 aliphatic heterocycles. The predicted octanol–water partition coefficient (Wildman–Crippen LogP) is 3.10. The number of carbonyl (C=O) groups excluding carboxylic acids is 1. The largest absolute Gasteiger partial charge is 0.350 e. The van der Waals surface area contributed by atoms with Crippen LogP contribution in [0.1, 0.15) is 46.6 Å². The van der Waals surface area contributed by atoms with Crippen LogP contribution in [0.4, 0.5) is 21.8 Å². The first kappa shape index (κ1) is 25.1. The quantitative estimate of drug-likeness (QED) is 0.590. The molecule has 0 N–H and O–H groups in total. The zero-order valence-corrected chi connectivity index (χ0v) is 22.6. The Kier molecular flexibility index (Phi) is 5.75. The first-order valence-corrected chi connectivity index (χ1v) is 14.0. The molecule has 3 atom stereocenters. The van der Waals surface area contributed by atoms with Crippen LogP contribution in [0, 0.1) is 5.82 Å². The molecule has 12 heteroatoms.